The fraction of sp³-hybridized carbons (Fsp3) is 0.211. The number of hydrogen-bond acceptors (Lipinski definition) is 2. The highest BCUT2D eigenvalue weighted by atomic mass is 32.2. The first kappa shape index (κ1) is 17.3. The van der Waals surface area contributed by atoms with Crippen LogP contribution in [-0.4, -0.2) is 18.2 Å². The number of benzene rings is 2. The molecular weight excluding hydrogens is 309 g/mol. The largest absolute Gasteiger partial charge is 0.352 e. The summed E-state index contributed by atoms with van der Waals surface area (Å²) in [5.74, 6) is 1.40. The number of aryl methyl sites for hydroxylation is 1. The molecule has 23 heavy (non-hydrogen) atoms. The summed E-state index contributed by atoms with van der Waals surface area (Å²) in [4.78, 5) is 11.7. The molecule has 0 radical (unpaired) electrons. The van der Waals surface area contributed by atoms with E-state index in [9.17, 15) is 9.18 Å². The highest BCUT2D eigenvalue weighted by Gasteiger charge is 1.97. The zero-order valence-corrected chi connectivity index (χ0v) is 13.9. The standard InChI is InChI=1S/C19H20FNOS/c1-15-3-2-4-17(13-15)14-23-12-11-21-19(22)10-7-16-5-8-18(20)9-6-16/h2-10,13H,11-12,14H2,1H3,(H,21,22)/b10-7+. The molecule has 2 nitrogen and oxygen atoms in total. The molecule has 0 fully saturated rings. The van der Waals surface area contributed by atoms with Gasteiger partial charge in [-0.1, -0.05) is 42.0 Å². The van der Waals surface area contributed by atoms with Crippen LogP contribution in [0.2, 0.25) is 0 Å². The predicted molar refractivity (Wildman–Crippen MR) is 95.8 cm³/mol. The Hall–Kier alpha value is -2.07. The molecule has 0 aliphatic carbocycles. The summed E-state index contributed by atoms with van der Waals surface area (Å²) in [5, 5.41) is 2.84. The molecule has 0 unspecified atom stereocenters. The molecule has 0 aliphatic rings. The number of thioether (sulfide) groups is 1. The Morgan fingerprint density at radius 1 is 1.22 bits per heavy atom. The molecule has 2 rings (SSSR count). The third-order valence-corrected chi connectivity index (χ3v) is 4.22. The Labute approximate surface area is 140 Å². The van der Waals surface area contributed by atoms with Crippen LogP contribution in [0.4, 0.5) is 4.39 Å². The molecule has 0 spiro atoms. The van der Waals surface area contributed by atoms with Crippen molar-refractivity contribution in [1.82, 2.24) is 5.32 Å². The van der Waals surface area contributed by atoms with E-state index in [4.69, 9.17) is 0 Å². The average Bonchev–Trinajstić information content (AvgIpc) is 2.54. The summed E-state index contributed by atoms with van der Waals surface area (Å²) in [6.45, 7) is 2.71. The fourth-order valence-electron chi connectivity index (χ4n) is 2.04. The summed E-state index contributed by atoms with van der Waals surface area (Å²) in [6.07, 6.45) is 3.15. The second-order valence-electron chi connectivity index (χ2n) is 5.22. The van der Waals surface area contributed by atoms with Crippen LogP contribution in [0, 0.1) is 12.7 Å². The summed E-state index contributed by atoms with van der Waals surface area (Å²) < 4.78 is 12.8. The molecule has 2 aromatic carbocycles. The van der Waals surface area contributed by atoms with Gasteiger partial charge in [0.05, 0.1) is 0 Å². The number of carbonyl (C=O) groups is 1. The molecule has 0 heterocycles. The average molecular weight is 329 g/mol. The topological polar surface area (TPSA) is 29.1 Å². The van der Waals surface area contributed by atoms with E-state index < -0.39 is 0 Å². The minimum absolute atomic E-state index is 0.134. The van der Waals surface area contributed by atoms with E-state index in [0.717, 1.165) is 17.1 Å². The van der Waals surface area contributed by atoms with Gasteiger partial charge in [0.25, 0.3) is 0 Å². The van der Waals surface area contributed by atoms with Crippen molar-refractivity contribution in [3.05, 3.63) is 77.1 Å². The lowest BCUT2D eigenvalue weighted by Gasteiger charge is -2.04. The smallest absolute Gasteiger partial charge is 0.244 e. The van der Waals surface area contributed by atoms with E-state index in [-0.39, 0.29) is 11.7 Å². The molecule has 4 heteroatoms. The van der Waals surface area contributed by atoms with Crippen molar-refractivity contribution in [2.24, 2.45) is 0 Å². The second kappa shape index (κ2) is 9.16. The molecule has 1 N–H and O–H groups in total. The Morgan fingerprint density at radius 3 is 2.74 bits per heavy atom. The monoisotopic (exact) mass is 329 g/mol. The number of carbonyl (C=O) groups excluding carboxylic acids is 1. The van der Waals surface area contributed by atoms with Crippen molar-refractivity contribution in [3.63, 3.8) is 0 Å². The van der Waals surface area contributed by atoms with Crippen molar-refractivity contribution < 1.29 is 9.18 Å². The van der Waals surface area contributed by atoms with Gasteiger partial charge in [-0.05, 0) is 36.3 Å². The van der Waals surface area contributed by atoms with Crippen LogP contribution in [0.25, 0.3) is 6.08 Å². The highest BCUT2D eigenvalue weighted by Crippen LogP contribution is 2.12. The number of nitrogens with one attached hydrogen (secondary N) is 1. The van der Waals surface area contributed by atoms with Crippen LogP contribution in [0.15, 0.2) is 54.6 Å². The Kier molecular flexibility index (Phi) is 6.88. The first-order valence-corrected chi connectivity index (χ1v) is 8.64. The van der Waals surface area contributed by atoms with E-state index in [0.29, 0.717) is 6.54 Å². The van der Waals surface area contributed by atoms with Crippen LogP contribution < -0.4 is 5.32 Å². The lowest BCUT2D eigenvalue weighted by molar-refractivity contribution is -0.116. The first-order valence-electron chi connectivity index (χ1n) is 7.48. The highest BCUT2D eigenvalue weighted by molar-refractivity contribution is 7.98. The maximum atomic E-state index is 12.8. The predicted octanol–water partition coefficient (Wildman–Crippen LogP) is 4.20. The summed E-state index contributed by atoms with van der Waals surface area (Å²) in [5.41, 5.74) is 3.37. The van der Waals surface area contributed by atoms with Crippen molar-refractivity contribution in [2.75, 3.05) is 12.3 Å². The van der Waals surface area contributed by atoms with Gasteiger partial charge >= 0.3 is 0 Å². The van der Waals surface area contributed by atoms with Gasteiger partial charge in [-0.15, -0.1) is 0 Å². The molecular formula is C19H20FNOS. The molecule has 0 atom stereocenters. The van der Waals surface area contributed by atoms with Crippen LogP contribution in [-0.2, 0) is 10.5 Å². The Morgan fingerprint density at radius 2 is 2.00 bits per heavy atom. The van der Waals surface area contributed by atoms with Gasteiger partial charge in [-0.3, -0.25) is 4.79 Å². The van der Waals surface area contributed by atoms with E-state index in [1.807, 2.05) is 0 Å². The number of halogens is 1. The number of amides is 1. The van der Waals surface area contributed by atoms with Gasteiger partial charge in [0.2, 0.25) is 5.91 Å². The van der Waals surface area contributed by atoms with E-state index >= 15 is 0 Å². The van der Waals surface area contributed by atoms with Gasteiger partial charge in [0.1, 0.15) is 5.82 Å². The maximum Gasteiger partial charge on any atom is 0.244 e. The van der Waals surface area contributed by atoms with Gasteiger partial charge in [0.15, 0.2) is 0 Å². The summed E-state index contributed by atoms with van der Waals surface area (Å²) in [6, 6.07) is 14.5. The minimum atomic E-state index is -0.280. The van der Waals surface area contributed by atoms with Gasteiger partial charge < -0.3 is 5.32 Å². The Bertz CT molecular complexity index is 667. The third-order valence-electron chi connectivity index (χ3n) is 3.19. The fourth-order valence-corrected chi connectivity index (χ4v) is 2.85. The van der Waals surface area contributed by atoms with Crippen LogP contribution in [0.5, 0.6) is 0 Å². The zero-order chi connectivity index (χ0) is 16.5. The lowest BCUT2D eigenvalue weighted by Crippen LogP contribution is -2.23. The van der Waals surface area contributed by atoms with Crippen molar-refractivity contribution in [1.29, 1.82) is 0 Å². The molecule has 0 aromatic heterocycles. The first-order chi connectivity index (χ1) is 11.1. The number of rotatable bonds is 7. The molecule has 120 valence electrons. The van der Waals surface area contributed by atoms with Crippen LogP contribution in [0.3, 0.4) is 0 Å². The van der Waals surface area contributed by atoms with Crippen molar-refractivity contribution in [3.8, 4) is 0 Å². The SMILES string of the molecule is Cc1cccc(CSCCNC(=O)/C=C/c2ccc(F)cc2)c1. The third kappa shape index (κ3) is 6.70. The van der Waals surface area contributed by atoms with Gasteiger partial charge in [-0.25, -0.2) is 4.39 Å². The van der Waals surface area contributed by atoms with Crippen LogP contribution >= 0.6 is 11.8 Å². The van der Waals surface area contributed by atoms with E-state index in [1.165, 1.54) is 29.3 Å². The normalized spacial score (nSPS) is 10.9. The molecule has 1 amide bonds. The maximum absolute atomic E-state index is 12.8. The van der Waals surface area contributed by atoms with Crippen molar-refractivity contribution >= 4 is 23.7 Å². The van der Waals surface area contributed by atoms with E-state index in [1.54, 1.807) is 30.0 Å². The zero-order valence-electron chi connectivity index (χ0n) is 13.1. The van der Waals surface area contributed by atoms with Crippen molar-refractivity contribution in [2.45, 2.75) is 12.7 Å². The molecule has 0 saturated carbocycles. The van der Waals surface area contributed by atoms with Gasteiger partial charge in [0, 0.05) is 24.1 Å². The Balaban J connectivity index is 1.64. The quantitative estimate of drug-likeness (QED) is 0.609. The molecule has 0 saturated heterocycles. The molecule has 2 aromatic rings. The number of hydrogen-bond donors (Lipinski definition) is 1. The van der Waals surface area contributed by atoms with Gasteiger partial charge in [-0.2, -0.15) is 11.8 Å². The summed E-state index contributed by atoms with van der Waals surface area (Å²) in [7, 11) is 0. The minimum Gasteiger partial charge on any atom is -0.352 e. The van der Waals surface area contributed by atoms with E-state index in [2.05, 4.69) is 36.5 Å². The van der Waals surface area contributed by atoms with Crippen LogP contribution in [0.1, 0.15) is 16.7 Å². The molecule has 0 bridgehead atoms. The molecule has 0 aliphatic heterocycles. The lowest BCUT2D eigenvalue weighted by atomic mass is 10.2. The second-order valence-corrected chi connectivity index (χ2v) is 6.32. The summed E-state index contributed by atoms with van der Waals surface area (Å²) >= 11 is 1.79.